The first-order valence-electron chi connectivity index (χ1n) is 6.73. The summed E-state index contributed by atoms with van der Waals surface area (Å²) in [6.45, 7) is 3.04. The van der Waals surface area contributed by atoms with Gasteiger partial charge in [-0.2, -0.15) is 10.4 Å². The SMILES string of the molecule is N#CCCn1ncc2c(NC[C@@H]3CCOC3)ncnc21. The Labute approximate surface area is 116 Å². The van der Waals surface area contributed by atoms with Crippen molar-refractivity contribution in [1.29, 1.82) is 5.26 Å². The lowest BCUT2D eigenvalue weighted by molar-refractivity contribution is 0.187. The van der Waals surface area contributed by atoms with Crippen LogP contribution in [0, 0.1) is 17.2 Å². The number of aromatic nitrogens is 4. The number of rotatable bonds is 5. The van der Waals surface area contributed by atoms with Crippen LogP contribution in [-0.2, 0) is 11.3 Å². The first-order valence-corrected chi connectivity index (χ1v) is 6.73. The van der Waals surface area contributed by atoms with Gasteiger partial charge in [0.25, 0.3) is 0 Å². The molecule has 2 aromatic heterocycles. The summed E-state index contributed by atoms with van der Waals surface area (Å²) < 4.78 is 7.10. The molecule has 0 spiro atoms. The molecule has 20 heavy (non-hydrogen) atoms. The molecular formula is C13H16N6O. The molecule has 0 unspecified atom stereocenters. The van der Waals surface area contributed by atoms with Crippen LogP contribution in [0.4, 0.5) is 5.82 Å². The molecule has 7 heteroatoms. The minimum Gasteiger partial charge on any atom is -0.381 e. The van der Waals surface area contributed by atoms with E-state index in [0.29, 0.717) is 18.9 Å². The van der Waals surface area contributed by atoms with Gasteiger partial charge in [-0.3, -0.25) is 0 Å². The van der Waals surface area contributed by atoms with Gasteiger partial charge in [-0.25, -0.2) is 14.6 Å². The molecule has 1 saturated heterocycles. The van der Waals surface area contributed by atoms with Gasteiger partial charge in [-0.15, -0.1) is 0 Å². The Balaban J connectivity index is 1.77. The number of nitrogens with one attached hydrogen (secondary N) is 1. The lowest BCUT2D eigenvalue weighted by Crippen LogP contribution is -2.15. The summed E-state index contributed by atoms with van der Waals surface area (Å²) in [6, 6.07) is 2.11. The summed E-state index contributed by atoms with van der Waals surface area (Å²) in [4.78, 5) is 8.53. The minimum atomic E-state index is 0.420. The van der Waals surface area contributed by atoms with Crippen LogP contribution in [0.5, 0.6) is 0 Å². The van der Waals surface area contributed by atoms with Gasteiger partial charge in [-0.05, 0) is 6.42 Å². The Bertz CT molecular complexity index is 625. The van der Waals surface area contributed by atoms with E-state index in [1.165, 1.54) is 6.33 Å². The first kappa shape index (κ1) is 12.8. The standard InChI is InChI=1S/C13H16N6O/c14-3-1-4-19-13-11(7-18-19)12(16-9-17-13)15-6-10-2-5-20-8-10/h7,9-10H,1-2,4-6,8H2,(H,15,16,17)/t10-/m0/s1. The zero-order valence-corrected chi connectivity index (χ0v) is 11.1. The highest BCUT2D eigenvalue weighted by molar-refractivity contribution is 5.86. The molecule has 1 N–H and O–H groups in total. The lowest BCUT2D eigenvalue weighted by atomic mass is 10.1. The summed E-state index contributed by atoms with van der Waals surface area (Å²) in [5.74, 6) is 1.33. The van der Waals surface area contributed by atoms with Gasteiger partial charge < -0.3 is 10.1 Å². The predicted octanol–water partition coefficient (Wildman–Crippen LogP) is 1.19. The summed E-state index contributed by atoms with van der Waals surface area (Å²) in [7, 11) is 0. The molecule has 104 valence electrons. The largest absolute Gasteiger partial charge is 0.381 e. The van der Waals surface area contributed by atoms with E-state index in [-0.39, 0.29) is 0 Å². The molecule has 1 aliphatic heterocycles. The number of nitriles is 1. The van der Waals surface area contributed by atoms with E-state index < -0.39 is 0 Å². The third-order valence-electron chi connectivity index (χ3n) is 3.45. The maximum Gasteiger partial charge on any atom is 0.163 e. The van der Waals surface area contributed by atoms with Crippen LogP contribution in [0.2, 0.25) is 0 Å². The normalized spacial score (nSPS) is 18.2. The molecule has 2 aromatic rings. The van der Waals surface area contributed by atoms with Crippen LogP contribution in [-0.4, -0.2) is 39.5 Å². The van der Waals surface area contributed by atoms with Crippen molar-refractivity contribution in [2.75, 3.05) is 25.1 Å². The smallest absolute Gasteiger partial charge is 0.163 e. The van der Waals surface area contributed by atoms with E-state index in [0.717, 1.165) is 43.0 Å². The van der Waals surface area contributed by atoms with Crippen molar-refractivity contribution in [3.8, 4) is 6.07 Å². The van der Waals surface area contributed by atoms with Crippen LogP contribution in [0.3, 0.4) is 0 Å². The zero-order valence-electron chi connectivity index (χ0n) is 11.1. The van der Waals surface area contributed by atoms with Gasteiger partial charge in [0.15, 0.2) is 5.65 Å². The molecule has 1 fully saturated rings. The molecule has 0 radical (unpaired) electrons. The monoisotopic (exact) mass is 272 g/mol. The van der Waals surface area contributed by atoms with Crippen molar-refractivity contribution >= 4 is 16.9 Å². The van der Waals surface area contributed by atoms with Crippen molar-refractivity contribution in [3.05, 3.63) is 12.5 Å². The van der Waals surface area contributed by atoms with Crippen LogP contribution < -0.4 is 5.32 Å². The maximum absolute atomic E-state index is 8.65. The van der Waals surface area contributed by atoms with E-state index in [2.05, 4.69) is 26.5 Å². The summed E-state index contributed by atoms with van der Waals surface area (Å²) >= 11 is 0. The van der Waals surface area contributed by atoms with E-state index in [1.807, 2.05) is 0 Å². The Kier molecular flexibility index (Phi) is 3.74. The van der Waals surface area contributed by atoms with E-state index in [9.17, 15) is 0 Å². The van der Waals surface area contributed by atoms with Crippen molar-refractivity contribution in [2.45, 2.75) is 19.4 Å². The second kappa shape index (κ2) is 5.84. The predicted molar refractivity (Wildman–Crippen MR) is 73.0 cm³/mol. The molecular weight excluding hydrogens is 256 g/mol. The van der Waals surface area contributed by atoms with E-state index in [4.69, 9.17) is 10.00 Å². The number of hydrogen-bond donors (Lipinski definition) is 1. The van der Waals surface area contributed by atoms with Gasteiger partial charge in [0.05, 0.1) is 37.2 Å². The van der Waals surface area contributed by atoms with Crippen LogP contribution in [0.25, 0.3) is 11.0 Å². The van der Waals surface area contributed by atoms with E-state index >= 15 is 0 Å². The highest BCUT2D eigenvalue weighted by Gasteiger charge is 2.16. The molecule has 3 heterocycles. The lowest BCUT2D eigenvalue weighted by Gasteiger charge is -2.10. The van der Waals surface area contributed by atoms with Crippen LogP contribution in [0.15, 0.2) is 12.5 Å². The highest BCUT2D eigenvalue weighted by Crippen LogP contribution is 2.20. The van der Waals surface area contributed by atoms with Crippen LogP contribution >= 0.6 is 0 Å². The summed E-state index contributed by atoms with van der Waals surface area (Å²) in [5, 5.41) is 17.2. The number of hydrogen-bond acceptors (Lipinski definition) is 6. The molecule has 0 aromatic carbocycles. The Morgan fingerprint density at radius 1 is 1.50 bits per heavy atom. The maximum atomic E-state index is 8.65. The average molecular weight is 272 g/mol. The van der Waals surface area contributed by atoms with Crippen LogP contribution in [0.1, 0.15) is 12.8 Å². The fourth-order valence-electron chi connectivity index (χ4n) is 2.34. The van der Waals surface area contributed by atoms with Gasteiger partial charge in [0.1, 0.15) is 12.1 Å². The third-order valence-corrected chi connectivity index (χ3v) is 3.45. The van der Waals surface area contributed by atoms with Gasteiger partial charge >= 0.3 is 0 Å². The van der Waals surface area contributed by atoms with Crippen molar-refractivity contribution in [2.24, 2.45) is 5.92 Å². The Morgan fingerprint density at radius 3 is 3.25 bits per heavy atom. The zero-order chi connectivity index (χ0) is 13.8. The fourth-order valence-corrected chi connectivity index (χ4v) is 2.34. The summed E-state index contributed by atoms with van der Waals surface area (Å²) in [5.41, 5.74) is 0.764. The van der Waals surface area contributed by atoms with Gasteiger partial charge in [-0.1, -0.05) is 0 Å². The molecule has 0 bridgehead atoms. The van der Waals surface area contributed by atoms with Gasteiger partial charge in [0.2, 0.25) is 0 Å². The van der Waals surface area contributed by atoms with E-state index in [1.54, 1.807) is 10.9 Å². The molecule has 1 aliphatic rings. The molecule has 0 saturated carbocycles. The fraction of sp³-hybridized carbons (Fsp3) is 0.538. The second-order valence-corrected chi connectivity index (χ2v) is 4.85. The minimum absolute atomic E-state index is 0.420. The quantitative estimate of drug-likeness (QED) is 0.879. The number of fused-ring (bicyclic) bond motifs is 1. The first-order chi connectivity index (χ1) is 9.88. The van der Waals surface area contributed by atoms with Crippen molar-refractivity contribution in [3.63, 3.8) is 0 Å². The number of ether oxygens (including phenoxy) is 1. The Morgan fingerprint density at radius 2 is 2.45 bits per heavy atom. The molecule has 7 nitrogen and oxygen atoms in total. The molecule has 1 atom stereocenters. The molecule has 0 amide bonds. The van der Waals surface area contributed by atoms with Crippen molar-refractivity contribution in [1.82, 2.24) is 19.7 Å². The van der Waals surface area contributed by atoms with Gasteiger partial charge in [0, 0.05) is 19.1 Å². The number of anilines is 1. The van der Waals surface area contributed by atoms with Crippen molar-refractivity contribution < 1.29 is 4.74 Å². The third kappa shape index (κ3) is 2.56. The average Bonchev–Trinajstić information content (AvgIpc) is 3.12. The Hall–Kier alpha value is -2.20. The second-order valence-electron chi connectivity index (χ2n) is 4.85. The number of nitrogens with zero attached hydrogens (tertiary/aromatic N) is 5. The highest BCUT2D eigenvalue weighted by atomic mass is 16.5. The number of aryl methyl sites for hydroxylation is 1. The summed E-state index contributed by atoms with van der Waals surface area (Å²) in [6.07, 6.45) is 4.78. The molecule has 3 rings (SSSR count). The molecule has 0 aliphatic carbocycles. The topological polar surface area (TPSA) is 88.7 Å².